The summed E-state index contributed by atoms with van der Waals surface area (Å²) < 4.78 is 82.2. The second-order valence-electron chi connectivity index (χ2n) is 13.0. The second kappa shape index (κ2) is 18.1. The van der Waals surface area contributed by atoms with E-state index >= 15 is 0 Å². The number of nitrogens with two attached hydrogens (primary N) is 2. The van der Waals surface area contributed by atoms with E-state index in [9.17, 15) is 36.2 Å². The molecular weight excluding hydrogens is 765 g/mol. The van der Waals surface area contributed by atoms with Crippen molar-refractivity contribution in [3.05, 3.63) is 82.2 Å². The molecule has 1 unspecified atom stereocenters. The summed E-state index contributed by atoms with van der Waals surface area (Å²) in [7, 11) is 1.01. The molecule has 1 saturated heterocycles. The number of nitrogens with one attached hydrogen (secondary N) is 1. The average molecular weight is 805 g/mol. The summed E-state index contributed by atoms with van der Waals surface area (Å²) in [6.07, 6.45) is 3.11. The number of hydrogen-bond donors (Lipinski definition) is 3. The molecular formula is C36H40F4N8O7S. The molecule has 56 heavy (non-hydrogen) atoms. The third kappa shape index (κ3) is 10.0. The summed E-state index contributed by atoms with van der Waals surface area (Å²) in [5.41, 5.74) is 9.44. The first-order chi connectivity index (χ1) is 26.4. The number of hydrogen-bond acceptors (Lipinski definition) is 14. The lowest BCUT2D eigenvalue weighted by Gasteiger charge is -2.33. The minimum absolute atomic E-state index is 0.0228. The van der Waals surface area contributed by atoms with Gasteiger partial charge >= 0.3 is 6.09 Å². The molecule has 15 nitrogen and oxygen atoms in total. The highest BCUT2D eigenvalue weighted by Gasteiger charge is 2.29. The van der Waals surface area contributed by atoms with E-state index in [1.165, 1.54) is 14.2 Å². The molecule has 0 radical (unpaired) electrons. The molecule has 300 valence electrons. The molecule has 1 aliphatic rings. The van der Waals surface area contributed by atoms with Crippen LogP contribution in [-0.4, -0.2) is 91.4 Å². The van der Waals surface area contributed by atoms with Crippen LogP contribution in [0.15, 0.2) is 41.8 Å². The molecule has 5 rings (SSSR count). The lowest BCUT2D eigenvalue weighted by atomic mass is 10.0. The van der Waals surface area contributed by atoms with Crippen molar-refractivity contribution in [2.24, 2.45) is 0 Å². The minimum Gasteiger partial charge on any atom is -0.496 e. The van der Waals surface area contributed by atoms with Gasteiger partial charge in [0.25, 0.3) is 0 Å². The van der Waals surface area contributed by atoms with Crippen LogP contribution in [-0.2, 0) is 15.5 Å². The summed E-state index contributed by atoms with van der Waals surface area (Å²) in [6, 6.07) is 3.97. The number of benzene rings is 2. The molecule has 3 heterocycles. The molecule has 0 spiro atoms. The molecule has 5 N–H and O–H groups in total. The third-order valence-corrected chi connectivity index (χ3v) is 9.18. The average Bonchev–Trinajstić information content (AvgIpc) is 3.15. The Bertz CT molecular complexity index is 2150. The second-order valence-corrected chi connectivity index (χ2v) is 14.6. The molecule has 0 bridgehead atoms. The summed E-state index contributed by atoms with van der Waals surface area (Å²) in [5, 5.41) is 3.09. The Hall–Kier alpha value is -5.92. The molecule has 4 aromatic rings. The van der Waals surface area contributed by atoms with Gasteiger partial charge in [0.05, 0.1) is 36.1 Å². The minimum atomic E-state index is -1.45. The normalized spacial score (nSPS) is 13.6. The SMILES string of the molecule is CCS(=O)c1ncc(C(=O)c2c(OC)ccc(F)c2F)c(N)n1.COc1ccc(F)c(F)c1C(=O)c1cnc(NC2CCN(C(=O)OC(C)(C)C)CC2)nc1N. The van der Waals surface area contributed by atoms with Gasteiger partial charge in [0, 0.05) is 37.3 Å². The molecule has 2 aromatic carbocycles. The van der Waals surface area contributed by atoms with E-state index in [0.29, 0.717) is 25.9 Å². The van der Waals surface area contributed by atoms with Gasteiger partial charge in [-0.3, -0.25) is 13.8 Å². The number of aromatic nitrogens is 4. The van der Waals surface area contributed by atoms with Crippen LogP contribution in [0.4, 0.5) is 39.9 Å². The van der Waals surface area contributed by atoms with Crippen molar-refractivity contribution in [1.82, 2.24) is 24.8 Å². The summed E-state index contributed by atoms with van der Waals surface area (Å²) in [4.78, 5) is 54.9. The van der Waals surface area contributed by atoms with Crippen LogP contribution in [0, 0.1) is 23.3 Å². The number of ketones is 2. The van der Waals surface area contributed by atoms with E-state index < -0.39 is 62.4 Å². The molecule has 1 atom stereocenters. The number of nitrogen functional groups attached to an aromatic ring is 2. The maximum atomic E-state index is 14.3. The van der Waals surface area contributed by atoms with Crippen LogP contribution in [0.2, 0.25) is 0 Å². The monoisotopic (exact) mass is 804 g/mol. The van der Waals surface area contributed by atoms with Crippen molar-refractivity contribution in [3.63, 3.8) is 0 Å². The van der Waals surface area contributed by atoms with Crippen molar-refractivity contribution < 1.29 is 50.4 Å². The zero-order chi connectivity index (χ0) is 41.5. The van der Waals surface area contributed by atoms with Crippen LogP contribution in [0.5, 0.6) is 11.5 Å². The number of piperidine rings is 1. The van der Waals surface area contributed by atoms with Gasteiger partial charge in [-0.15, -0.1) is 0 Å². The van der Waals surface area contributed by atoms with Crippen molar-refractivity contribution in [2.75, 3.05) is 49.8 Å². The molecule has 0 saturated carbocycles. The Morgan fingerprint density at radius 2 is 1.32 bits per heavy atom. The maximum absolute atomic E-state index is 14.3. The Balaban J connectivity index is 0.000000265. The number of anilines is 3. The van der Waals surface area contributed by atoms with Crippen LogP contribution in [0.25, 0.3) is 0 Å². The van der Waals surface area contributed by atoms with E-state index in [4.69, 9.17) is 25.7 Å². The number of amides is 1. The number of carbonyl (C=O) groups is 3. The topological polar surface area (TPSA) is 215 Å². The Kier molecular flexibility index (Phi) is 13.9. The van der Waals surface area contributed by atoms with E-state index in [-0.39, 0.29) is 63.3 Å². The predicted octanol–water partition coefficient (Wildman–Crippen LogP) is 5.09. The highest BCUT2D eigenvalue weighted by molar-refractivity contribution is 7.84. The first kappa shape index (κ1) is 42.8. The fourth-order valence-electron chi connectivity index (χ4n) is 5.25. The Morgan fingerprint density at radius 3 is 1.75 bits per heavy atom. The van der Waals surface area contributed by atoms with Gasteiger partial charge in [0.15, 0.2) is 23.3 Å². The fraction of sp³-hybridized carbons (Fsp3) is 0.361. The zero-order valence-corrected chi connectivity index (χ0v) is 32.1. The highest BCUT2D eigenvalue weighted by Crippen LogP contribution is 2.29. The molecule has 2 aromatic heterocycles. The van der Waals surface area contributed by atoms with E-state index in [1.807, 2.05) is 20.8 Å². The van der Waals surface area contributed by atoms with Crippen LogP contribution < -0.4 is 26.3 Å². The standard InChI is InChI=1S/C22H27F2N5O4.C14H13F2N3O3S/c1-22(2,3)33-21(31)29-9-7-12(8-10-29)27-20-26-11-13(19(25)28-20)18(30)16-15(32-4)6-5-14(23)17(16)24;1-3-23(21)14-18-6-7(13(17)19-14)12(20)10-9(22-2)5-4-8(15)11(10)16/h5-6,11-12H,7-10H2,1-4H3,(H3,25,26,27,28);4-6H,3H2,1-2H3,(H2,17,18,19). The number of rotatable bonds is 10. The van der Waals surface area contributed by atoms with Crippen LogP contribution in [0.1, 0.15) is 72.4 Å². The summed E-state index contributed by atoms with van der Waals surface area (Å²) in [6.45, 7) is 8.10. The fourth-order valence-corrected chi connectivity index (χ4v) is 5.87. The van der Waals surface area contributed by atoms with Gasteiger partial charge in [0.2, 0.25) is 22.7 Å². The molecule has 0 aliphatic carbocycles. The van der Waals surface area contributed by atoms with Gasteiger partial charge in [-0.1, -0.05) is 6.92 Å². The molecule has 1 amide bonds. The molecule has 1 aliphatic heterocycles. The van der Waals surface area contributed by atoms with Crippen molar-refractivity contribution in [2.45, 2.75) is 57.3 Å². The van der Waals surface area contributed by atoms with Gasteiger partial charge < -0.3 is 35.9 Å². The summed E-state index contributed by atoms with van der Waals surface area (Å²) >= 11 is 0. The number of nitrogens with zero attached hydrogens (tertiary/aromatic N) is 5. The predicted molar refractivity (Wildman–Crippen MR) is 197 cm³/mol. The lowest BCUT2D eigenvalue weighted by Crippen LogP contribution is -2.44. The van der Waals surface area contributed by atoms with Gasteiger partial charge in [-0.25, -0.2) is 37.3 Å². The summed E-state index contributed by atoms with van der Waals surface area (Å²) in [5.74, 6) is -7.15. The van der Waals surface area contributed by atoms with Gasteiger partial charge in [-0.2, -0.15) is 4.98 Å². The number of methoxy groups -OCH3 is 2. The van der Waals surface area contributed by atoms with E-state index in [1.54, 1.807) is 11.8 Å². The smallest absolute Gasteiger partial charge is 0.410 e. The number of ether oxygens (including phenoxy) is 3. The van der Waals surface area contributed by atoms with Crippen LogP contribution >= 0.6 is 0 Å². The number of carbonyl (C=O) groups excluding carboxylic acids is 3. The maximum Gasteiger partial charge on any atom is 0.410 e. The first-order valence-electron chi connectivity index (χ1n) is 16.9. The lowest BCUT2D eigenvalue weighted by molar-refractivity contribution is 0.0210. The quantitative estimate of drug-likeness (QED) is 0.108. The zero-order valence-electron chi connectivity index (χ0n) is 31.2. The van der Waals surface area contributed by atoms with Crippen molar-refractivity contribution in [3.8, 4) is 11.5 Å². The number of likely N-dealkylation sites (tertiary alicyclic amines) is 1. The van der Waals surface area contributed by atoms with Gasteiger partial charge in [-0.05, 0) is 57.9 Å². The molecule has 1 fully saturated rings. The van der Waals surface area contributed by atoms with Crippen molar-refractivity contribution >= 4 is 46.0 Å². The largest absolute Gasteiger partial charge is 0.496 e. The van der Waals surface area contributed by atoms with Crippen LogP contribution in [0.3, 0.4) is 0 Å². The van der Waals surface area contributed by atoms with E-state index in [2.05, 4.69) is 25.3 Å². The van der Waals surface area contributed by atoms with E-state index in [0.717, 1.165) is 36.7 Å². The Labute approximate surface area is 321 Å². The highest BCUT2D eigenvalue weighted by atomic mass is 32.2. The number of halogens is 4. The van der Waals surface area contributed by atoms with Gasteiger partial charge in [0.1, 0.15) is 39.9 Å². The first-order valence-corrected chi connectivity index (χ1v) is 18.2. The molecule has 20 heteroatoms. The Morgan fingerprint density at radius 1 is 0.839 bits per heavy atom. The third-order valence-electron chi connectivity index (χ3n) is 8.06. The van der Waals surface area contributed by atoms with Crippen molar-refractivity contribution in [1.29, 1.82) is 0 Å².